The zero-order valence-corrected chi connectivity index (χ0v) is 14.3. The van der Waals surface area contributed by atoms with Gasteiger partial charge >= 0.3 is 0 Å². The molecule has 0 spiro atoms. The predicted octanol–water partition coefficient (Wildman–Crippen LogP) is 1.98. The number of hydrogen-bond acceptors (Lipinski definition) is 5. The highest BCUT2D eigenvalue weighted by atomic mass is 32.2. The molecule has 0 bridgehead atoms. The number of ether oxygens (including phenoxy) is 1. The summed E-state index contributed by atoms with van der Waals surface area (Å²) in [7, 11) is -2.24. The third-order valence-electron chi connectivity index (χ3n) is 3.57. The Kier molecular flexibility index (Phi) is 4.73. The van der Waals surface area contributed by atoms with Crippen molar-refractivity contribution in [3.63, 3.8) is 0 Å². The van der Waals surface area contributed by atoms with Gasteiger partial charge in [0.25, 0.3) is 10.0 Å². The van der Waals surface area contributed by atoms with Crippen molar-refractivity contribution in [2.24, 2.45) is 0 Å². The van der Waals surface area contributed by atoms with Gasteiger partial charge in [0.2, 0.25) is 0 Å². The Morgan fingerprint density at radius 1 is 1.12 bits per heavy atom. The molecule has 0 fully saturated rings. The molecule has 0 atom stereocenters. The number of hydrogen-bond donors (Lipinski definition) is 2. The van der Waals surface area contributed by atoms with Gasteiger partial charge in [0, 0.05) is 5.56 Å². The van der Waals surface area contributed by atoms with Gasteiger partial charge in [0.05, 0.1) is 30.0 Å². The lowest BCUT2D eigenvalue weighted by Crippen LogP contribution is -2.25. The van der Waals surface area contributed by atoms with Crippen LogP contribution in [0, 0.1) is 0 Å². The summed E-state index contributed by atoms with van der Waals surface area (Å²) < 4.78 is 30.2. The van der Waals surface area contributed by atoms with Gasteiger partial charge in [0.15, 0.2) is 0 Å². The van der Waals surface area contributed by atoms with Gasteiger partial charge in [-0.2, -0.15) is 23.1 Å². The molecule has 2 N–H and O–H groups in total. The Morgan fingerprint density at radius 2 is 1.80 bits per heavy atom. The second-order valence-electron chi connectivity index (χ2n) is 5.23. The molecular formula is C17H17N3O4S. The van der Waals surface area contributed by atoms with Crippen LogP contribution >= 0.6 is 0 Å². The van der Waals surface area contributed by atoms with Crippen LogP contribution in [0.2, 0.25) is 0 Å². The molecule has 0 saturated heterocycles. The van der Waals surface area contributed by atoms with E-state index in [9.17, 15) is 13.5 Å². The standard InChI is InChI=1S/C17H17N3O4S/c1-24-15-9-7-13(8-10-15)17-11-14(12-21)18-20(17)19-25(22,23)16-5-3-2-4-6-16/h2-11,19,21H,12H2,1H3. The number of methoxy groups -OCH3 is 1. The van der Waals surface area contributed by atoms with Crippen molar-refractivity contribution in [3.05, 3.63) is 66.4 Å². The van der Waals surface area contributed by atoms with E-state index in [0.717, 1.165) is 10.4 Å². The zero-order chi connectivity index (χ0) is 17.9. The van der Waals surface area contributed by atoms with Crippen LogP contribution in [0.15, 0.2) is 65.6 Å². The molecular weight excluding hydrogens is 342 g/mol. The smallest absolute Gasteiger partial charge is 0.276 e. The summed E-state index contributed by atoms with van der Waals surface area (Å²) >= 11 is 0. The monoisotopic (exact) mass is 359 g/mol. The average Bonchev–Trinajstić information content (AvgIpc) is 3.05. The maximum atomic E-state index is 12.5. The van der Waals surface area contributed by atoms with Crippen LogP contribution in [0.5, 0.6) is 5.75 Å². The van der Waals surface area contributed by atoms with Crippen LogP contribution in [0.4, 0.5) is 0 Å². The van der Waals surface area contributed by atoms with Gasteiger partial charge in [-0.05, 0) is 42.5 Å². The summed E-state index contributed by atoms with van der Waals surface area (Å²) in [5.74, 6) is 0.682. The number of aliphatic hydroxyl groups is 1. The van der Waals surface area contributed by atoms with Gasteiger partial charge < -0.3 is 9.84 Å². The van der Waals surface area contributed by atoms with Crippen LogP contribution in [-0.4, -0.2) is 30.5 Å². The number of aromatic nitrogens is 2. The largest absolute Gasteiger partial charge is 0.497 e. The van der Waals surface area contributed by atoms with E-state index in [4.69, 9.17) is 4.74 Å². The minimum Gasteiger partial charge on any atom is -0.497 e. The fourth-order valence-corrected chi connectivity index (χ4v) is 3.30. The van der Waals surface area contributed by atoms with E-state index in [1.807, 2.05) is 0 Å². The van der Waals surface area contributed by atoms with Crippen LogP contribution in [-0.2, 0) is 16.6 Å². The van der Waals surface area contributed by atoms with E-state index in [1.165, 1.54) is 12.1 Å². The maximum absolute atomic E-state index is 12.5. The van der Waals surface area contributed by atoms with Crippen LogP contribution in [0.1, 0.15) is 5.69 Å². The van der Waals surface area contributed by atoms with Gasteiger partial charge in [-0.1, -0.05) is 18.2 Å². The number of benzene rings is 2. The first-order chi connectivity index (χ1) is 12.0. The van der Waals surface area contributed by atoms with Crippen molar-refractivity contribution in [2.45, 2.75) is 11.5 Å². The SMILES string of the molecule is COc1ccc(-c2cc(CO)nn2NS(=O)(=O)c2ccccc2)cc1. The number of rotatable bonds is 6. The highest BCUT2D eigenvalue weighted by Gasteiger charge is 2.18. The average molecular weight is 359 g/mol. The molecule has 3 rings (SSSR count). The molecule has 0 aliphatic carbocycles. The second-order valence-corrected chi connectivity index (χ2v) is 6.89. The second kappa shape index (κ2) is 6.96. The molecule has 0 aliphatic heterocycles. The van der Waals surface area contributed by atoms with Gasteiger partial charge in [0.1, 0.15) is 5.75 Å². The van der Waals surface area contributed by atoms with Crippen LogP contribution in [0.3, 0.4) is 0 Å². The summed E-state index contributed by atoms with van der Waals surface area (Å²) in [5, 5.41) is 13.5. The van der Waals surface area contributed by atoms with Crippen molar-refractivity contribution in [3.8, 4) is 17.0 Å². The van der Waals surface area contributed by atoms with E-state index in [2.05, 4.69) is 9.93 Å². The highest BCUT2D eigenvalue weighted by Crippen LogP contribution is 2.23. The minimum absolute atomic E-state index is 0.122. The molecule has 130 valence electrons. The van der Waals surface area contributed by atoms with Crippen molar-refractivity contribution in [1.29, 1.82) is 0 Å². The van der Waals surface area contributed by atoms with Gasteiger partial charge in [-0.15, -0.1) is 0 Å². The van der Waals surface area contributed by atoms with E-state index in [1.54, 1.807) is 55.6 Å². The molecule has 0 unspecified atom stereocenters. The normalized spacial score (nSPS) is 11.3. The summed E-state index contributed by atoms with van der Waals surface area (Å²) in [6.07, 6.45) is 0. The topological polar surface area (TPSA) is 93.4 Å². The molecule has 1 heterocycles. The van der Waals surface area contributed by atoms with Crippen molar-refractivity contribution in [2.75, 3.05) is 11.9 Å². The molecule has 0 aliphatic rings. The molecule has 3 aromatic rings. The molecule has 0 saturated carbocycles. The van der Waals surface area contributed by atoms with E-state index in [0.29, 0.717) is 17.1 Å². The van der Waals surface area contributed by atoms with Crippen LogP contribution < -0.4 is 9.57 Å². The Balaban J connectivity index is 2.00. The molecule has 2 aromatic carbocycles. The molecule has 1 aromatic heterocycles. The molecule has 0 radical (unpaired) electrons. The van der Waals surface area contributed by atoms with E-state index < -0.39 is 10.0 Å². The summed E-state index contributed by atoms with van der Waals surface area (Å²) in [4.78, 5) is 3.69. The maximum Gasteiger partial charge on any atom is 0.276 e. The minimum atomic E-state index is -3.81. The van der Waals surface area contributed by atoms with Crippen molar-refractivity contribution < 1.29 is 18.3 Å². The quantitative estimate of drug-likeness (QED) is 0.702. The Bertz CT molecular complexity index is 951. The Hall–Kier alpha value is -2.84. The van der Waals surface area contributed by atoms with Gasteiger partial charge in [-0.25, -0.2) is 0 Å². The van der Waals surface area contributed by atoms with Crippen molar-refractivity contribution in [1.82, 2.24) is 9.89 Å². The lowest BCUT2D eigenvalue weighted by molar-refractivity contribution is 0.276. The predicted molar refractivity (Wildman–Crippen MR) is 93.1 cm³/mol. The molecule has 8 heteroatoms. The zero-order valence-electron chi connectivity index (χ0n) is 13.5. The lowest BCUT2D eigenvalue weighted by atomic mass is 10.1. The van der Waals surface area contributed by atoms with Gasteiger partial charge in [-0.3, -0.25) is 0 Å². The highest BCUT2D eigenvalue weighted by molar-refractivity contribution is 7.92. The van der Waals surface area contributed by atoms with Crippen molar-refractivity contribution >= 4 is 10.0 Å². The number of nitrogens with one attached hydrogen (secondary N) is 1. The third-order valence-corrected chi connectivity index (χ3v) is 4.87. The number of aliphatic hydroxyl groups excluding tert-OH is 1. The molecule has 0 amide bonds. The molecule has 7 nitrogen and oxygen atoms in total. The number of sulfonamides is 1. The fourth-order valence-electron chi connectivity index (χ4n) is 2.31. The summed E-state index contributed by atoms with van der Waals surface area (Å²) in [6.45, 7) is -0.302. The van der Waals surface area contributed by atoms with E-state index in [-0.39, 0.29) is 11.5 Å². The number of nitrogens with zero attached hydrogens (tertiary/aromatic N) is 2. The van der Waals surface area contributed by atoms with E-state index >= 15 is 0 Å². The lowest BCUT2D eigenvalue weighted by Gasteiger charge is -2.11. The first-order valence-corrected chi connectivity index (χ1v) is 8.94. The summed E-state index contributed by atoms with van der Waals surface area (Å²) in [5.41, 5.74) is 1.58. The molecule has 25 heavy (non-hydrogen) atoms. The third kappa shape index (κ3) is 3.65. The first-order valence-electron chi connectivity index (χ1n) is 7.45. The summed E-state index contributed by atoms with van der Waals surface area (Å²) in [6, 6.07) is 16.7. The Labute approximate surface area is 145 Å². The fraction of sp³-hybridized carbons (Fsp3) is 0.118. The first kappa shape index (κ1) is 17.0. The van der Waals surface area contributed by atoms with Crippen LogP contribution in [0.25, 0.3) is 11.3 Å². The Morgan fingerprint density at radius 3 is 2.40 bits per heavy atom.